The summed E-state index contributed by atoms with van der Waals surface area (Å²) in [6.45, 7) is 1.79. The number of rotatable bonds is 3. The molecule has 1 aromatic carbocycles. The zero-order chi connectivity index (χ0) is 15.6. The molecule has 0 aliphatic rings. The SMILES string of the molecule is Cc1ccc(C(=O)OCc2cc(=O)n(C)c(=O)n2C)cc1. The van der Waals surface area contributed by atoms with Crippen LogP contribution in [0.15, 0.2) is 39.9 Å². The normalized spacial score (nSPS) is 10.4. The van der Waals surface area contributed by atoms with Crippen molar-refractivity contribution in [1.29, 1.82) is 0 Å². The molecule has 1 aromatic heterocycles. The number of esters is 1. The first-order chi connectivity index (χ1) is 9.90. The minimum atomic E-state index is -0.497. The molecule has 0 unspecified atom stereocenters. The molecule has 2 aromatic rings. The van der Waals surface area contributed by atoms with E-state index < -0.39 is 17.2 Å². The van der Waals surface area contributed by atoms with E-state index in [1.807, 2.05) is 19.1 Å². The number of carbonyl (C=O) groups is 1. The molecule has 0 N–H and O–H groups in total. The number of hydrogen-bond donors (Lipinski definition) is 0. The van der Waals surface area contributed by atoms with Gasteiger partial charge in [0.15, 0.2) is 0 Å². The van der Waals surface area contributed by atoms with Crippen molar-refractivity contribution in [3.63, 3.8) is 0 Å². The Balaban J connectivity index is 2.17. The van der Waals surface area contributed by atoms with Gasteiger partial charge in [-0.05, 0) is 19.1 Å². The molecule has 0 saturated heterocycles. The third kappa shape index (κ3) is 3.10. The largest absolute Gasteiger partial charge is 0.456 e. The van der Waals surface area contributed by atoms with Crippen molar-refractivity contribution in [2.75, 3.05) is 0 Å². The molecular weight excluding hydrogens is 272 g/mol. The van der Waals surface area contributed by atoms with E-state index in [-0.39, 0.29) is 6.61 Å². The molecule has 6 nitrogen and oxygen atoms in total. The van der Waals surface area contributed by atoms with Crippen molar-refractivity contribution in [2.24, 2.45) is 14.1 Å². The molecule has 0 spiro atoms. The molecule has 1 heterocycles. The van der Waals surface area contributed by atoms with Gasteiger partial charge in [-0.3, -0.25) is 13.9 Å². The van der Waals surface area contributed by atoms with Crippen LogP contribution in [-0.2, 0) is 25.4 Å². The van der Waals surface area contributed by atoms with Gasteiger partial charge in [0.2, 0.25) is 0 Å². The highest BCUT2D eigenvalue weighted by atomic mass is 16.5. The summed E-state index contributed by atoms with van der Waals surface area (Å²) < 4.78 is 7.41. The standard InChI is InChI=1S/C15H16N2O4/c1-10-4-6-11(7-5-10)14(19)21-9-12-8-13(18)17(3)15(20)16(12)2/h4-8H,9H2,1-3H3. The Hall–Kier alpha value is -2.63. The van der Waals surface area contributed by atoms with Gasteiger partial charge in [-0.1, -0.05) is 17.7 Å². The number of aryl methyl sites for hydroxylation is 1. The first kappa shape index (κ1) is 14.8. The lowest BCUT2D eigenvalue weighted by molar-refractivity contribution is 0.0462. The summed E-state index contributed by atoms with van der Waals surface area (Å²) in [7, 11) is 2.92. The minimum absolute atomic E-state index is 0.130. The van der Waals surface area contributed by atoms with E-state index in [1.54, 1.807) is 12.1 Å². The number of aromatic nitrogens is 2. The van der Waals surface area contributed by atoms with Gasteiger partial charge in [0.05, 0.1) is 11.3 Å². The summed E-state index contributed by atoms with van der Waals surface area (Å²) in [6.07, 6.45) is 0. The van der Waals surface area contributed by atoms with Crippen LogP contribution in [0.3, 0.4) is 0 Å². The Morgan fingerprint density at radius 1 is 1.10 bits per heavy atom. The van der Waals surface area contributed by atoms with Crippen LogP contribution in [0, 0.1) is 6.92 Å². The predicted molar refractivity (Wildman–Crippen MR) is 77.2 cm³/mol. The highest BCUT2D eigenvalue weighted by Crippen LogP contribution is 2.06. The van der Waals surface area contributed by atoms with Crippen molar-refractivity contribution in [3.8, 4) is 0 Å². The van der Waals surface area contributed by atoms with E-state index in [2.05, 4.69) is 0 Å². The highest BCUT2D eigenvalue weighted by Gasteiger charge is 2.10. The quantitative estimate of drug-likeness (QED) is 0.781. The first-order valence-electron chi connectivity index (χ1n) is 6.40. The zero-order valence-electron chi connectivity index (χ0n) is 12.1. The lowest BCUT2D eigenvalue weighted by atomic mass is 10.1. The molecular formula is C15H16N2O4. The zero-order valence-corrected chi connectivity index (χ0v) is 12.1. The minimum Gasteiger partial charge on any atom is -0.456 e. The van der Waals surface area contributed by atoms with Crippen LogP contribution in [0.5, 0.6) is 0 Å². The molecule has 0 aliphatic carbocycles. The number of benzene rings is 1. The molecule has 2 rings (SSSR count). The molecule has 0 fully saturated rings. The average Bonchev–Trinajstić information content (AvgIpc) is 2.48. The van der Waals surface area contributed by atoms with Gasteiger partial charge in [0.25, 0.3) is 5.56 Å². The summed E-state index contributed by atoms with van der Waals surface area (Å²) in [5.74, 6) is -0.497. The van der Waals surface area contributed by atoms with E-state index in [1.165, 1.54) is 24.7 Å². The van der Waals surface area contributed by atoms with Crippen LogP contribution in [0.4, 0.5) is 0 Å². The Bertz CT molecular complexity index is 785. The number of nitrogens with zero attached hydrogens (tertiary/aromatic N) is 2. The van der Waals surface area contributed by atoms with Crippen LogP contribution in [-0.4, -0.2) is 15.1 Å². The van der Waals surface area contributed by atoms with Crippen LogP contribution in [0.2, 0.25) is 0 Å². The highest BCUT2D eigenvalue weighted by molar-refractivity contribution is 5.89. The van der Waals surface area contributed by atoms with E-state index >= 15 is 0 Å². The number of hydrogen-bond acceptors (Lipinski definition) is 4. The first-order valence-corrected chi connectivity index (χ1v) is 6.40. The van der Waals surface area contributed by atoms with Crippen LogP contribution in [0.1, 0.15) is 21.6 Å². The van der Waals surface area contributed by atoms with E-state index in [0.29, 0.717) is 11.3 Å². The van der Waals surface area contributed by atoms with E-state index in [0.717, 1.165) is 10.1 Å². The maximum atomic E-state index is 11.9. The fourth-order valence-corrected chi connectivity index (χ4v) is 1.83. The van der Waals surface area contributed by atoms with Crippen molar-refractivity contribution in [3.05, 3.63) is 68.0 Å². The van der Waals surface area contributed by atoms with Gasteiger partial charge in [0.1, 0.15) is 6.61 Å². The van der Waals surface area contributed by atoms with Gasteiger partial charge in [-0.25, -0.2) is 9.59 Å². The van der Waals surface area contributed by atoms with Crippen LogP contribution in [0.25, 0.3) is 0 Å². The van der Waals surface area contributed by atoms with Gasteiger partial charge < -0.3 is 4.74 Å². The number of ether oxygens (including phenoxy) is 1. The third-order valence-corrected chi connectivity index (χ3v) is 3.26. The molecule has 21 heavy (non-hydrogen) atoms. The van der Waals surface area contributed by atoms with Crippen LogP contribution < -0.4 is 11.2 Å². The second-order valence-electron chi connectivity index (χ2n) is 4.82. The smallest absolute Gasteiger partial charge is 0.338 e. The Kier molecular flexibility index (Phi) is 4.07. The average molecular weight is 288 g/mol. The molecule has 6 heteroatoms. The Labute approximate surface area is 121 Å². The fraction of sp³-hybridized carbons (Fsp3) is 0.267. The molecule has 110 valence electrons. The molecule has 0 amide bonds. The van der Waals surface area contributed by atoms with Gasteiger partial charge >= 0.3 is 11.7 Å². The van der Waals surface area contributed by atoms with E-state index in [9.17, 15) is 14.4 Å². The summed E-state index contributed by atoms with van der Waals surface area (Å²) >= 11 is 0. The van der Waals surface area contributed by atoms with Crippen molar-refractivity contribution in [1.82, 2.24) is 9.13 Å². The molecule has 0 radical (unpaired) electrons. The molecule has 0 saturated carbocycles. The van der Waals surface area contributed by atoms with Gasteiger partial charge in [-0.2, -0.15) is 0 Å². The lowest BCUT2D eigenvalue weighted by Gasteiger charge is -2.10. The summed E-state index contributed by atoms with van der Waals surface area (Å²) in [4.78, 5) is 35.2. The molecule has 0 aliphatic heterocycles. The summed E-state index contributed by atoms with van der Waals surface area (Å²) in [5.41, 5.74) is 0.932. The van der Waals surface area contributed by atoms with Crippen molar-refractivity contribution < 1.29 is 9.53 Å². The second-order valence-corrected chi connectivity index (χ2v) is 4.82. The van der Waals surface area contributed by atoms with Gasteiger partial charge in [-0.15, -0.1) is 0 Å². The predicted octanol–water partition coefficient (Wildman–Crippen LogP) is 0.749. The molecule has 0 bridgehead atoms. The summed E-state index contributed by atoms with van der Waals surface area (Å²) in [5, 5.41) is 0. The Morgan fingerprint density at radius 2 is 1.71 bits per heavy atom. The van der Waals surface area contributed by atoms with Crippen molar-refractivity contribution >= 4 is 5.97 Å². The topological polar surface area (TPSA) is 70.3 Å². The van der Waals surface area contributed by atoms with Crippen LogP contribution >= 0.6 is 0 Å². The second kappa shape index (κ2) is 5.78. The Morgan fingerprint density at radius 3 is 2.33 bits per heavy atom. The maximum absolute atomic E-state index is 11.9. The van der Waals surface area contributed by atoms with E-state index in [4.69, 9.17) is 4.74 Å². The summed E-state index contributed by atoms with van der Waals surface area (Å²) in [6, 6.07) is 8.24. The fourth-order valence-electron chi connectivity index (χ4n) is 1.83. The lowest BCUT2D eigenvalue weighted by Crippen LogP contribution is -2.38. The van der Waals surface area contributed by atoms with Crippen molar-refractivity contribution in [2.45, 2.75) is 13.5 Å². The maximum Gasteiger partial charge on any atom is 0.338 e. The third-order valence-electron chi connectivity index (χ3n) is 3.26. The van der Waals surface area contributed by atoms with Gasteiger partial charge in [0, 0.05) is 20.2 Å². The number of carbonyl (C=O) groups excluding carboxylic acids is 1. The monoisotopic (exact) mass is 288 g/mol. The molecule has 0 atom stereocenters.